The molecular formula is C19H18N2O2S. The molecule has 0 aliphatic heterocycles. The third-order valence-electron chi connectivity index (χ3n) is 3.40. The van der Waals surface area contributed by atoms with Gasteiger partial charge >= 0.3 is 0 Å². The summed E-state index contributed by atoms with van der Waals surface area (Å²) in [5.74, 6) is 0.374. The standard InChI is InChI=1S/C19H18N2O2S/c1-23-17-7-3-15(4-8-17)13-21-19(22)16(12-20)11-14-5-9-18(24-2)10-6-14/h3-11H,13H2,1-2H3,(H,21,22)/b16-11-. The molecule has 0 bridgehead atoms. The van der Waals surface area contributed by atoms with Gasteiger partial charge in [-0.05, 0) is 47.7 Å². The third-order valence-corrected chi connectivity index (χ3v) is 4.15. The summed E-state index contributed by atoms with van der Waals surface area (Å²) in [5.41, 5.74) is 1.84. The summed E-state index contributed by atoms with van der Waals surface area (Å²) < 4.78 is 5.09. The summed E-state index contributed by atoms with van der Waals surface area (Å²) in [6, 6.07) is 17.1. The largest absolute Gasteiger partial charge is 0.497 e. The van der Waals surface area contributed by atoms with Crippen molar-refractivity contribution in [2.24, 2.45) is 0 Å². The molecule has 2 rings (SSSR count). The van der Waals surface area contributed by atoms with E-state index in [1.807, 2.05) is 60.9 Å². The Balaban J connectivity index is 2.02. The van der Waals surface area contributed by atoms with E-state index in [0.29, 0.717) is 6.54 Å². The number of amides is 1. The van der Waals surface area contributed by atoms with Crippen LogP contribution in [0, 0.1) is 11.3 Å². The Kier molecular flexibility index (Phi) is 6.47. The number of carbonyl (C=O) groups is 1. The Morgan fingerprint density at radius 2 is 1.88 bits per heavy atom. The van der Waals surface area contributed by atoms with Gasteiger partial charge in [0.15, 0.2) is 0 Å². The van der Waals surface area contributed by atoms with Crippen molar-refractivity contribution in [2.45, 2.75) is 11.4 Å². The highest BCUT2D eigenvalue weighted by atomic mass is 32.2. The van der Waals surface area contributed by atoms with E-state index in [4.69, 9.17) is 4.74 Å². The normalized spacial score (nSPS) is 10.8. The molecule has 0 aliphatic rings. The Hall–Kier alpha value is -2.71. The minimum Gasteiger partial charge on any atom is -0.497 e. The van der Waals surface area contributed by atoms with E-state index in [1.54, 1.807) is 24.9 Å². The fourth-order valence-corrected chi connectivity index (χ4v) is 2.44. The maximum atomic E-state index is 12.2. The second-order valence-electron chi connectivity index (χ2n) is 4.97. The second kappa shape index (κ2) is 8.80. The number of ether oxygens (including phenoxy) is 1. The molecule has 0 saturated heterocycles. The summed E-state index contributed by atoms with van der Waals surface area (Å²) in [6.07, 6.45) is 3.59. The van der Waals surface area contributed by atoms with Crippen molar-refractivity contribution in [3.63, 3.8) is 0 Å². The molecule has 2 aromatic carbocycles. The van der Waals surface area contributed by atoms with Crippen LogP contribution in [0.5, 0.6) is 5.75 Å². The second-order valence-corrected chi connectivity index (χ2v) is 5.85. The van der Waals surface area contributed by atoms with Gasteiger partial charge in [0.25, 0.3) is 5.91 Å². The maximum Gasteiger partial charge on any atom is 0.262 e. The number of carbonyl (C=O) groups excluding carboxylic acids is 1. The van der Waals surface area contributed by atoms with Gasteiger partial charge in [0.1, 0.15) is 17.4 Å². The molecule has 0 atom stereocenters. The first kappa shape index (κ1) is 17.6. The topological polar surface area (TPSA) is 62.1 Å². The Morgan fingerprint density at radius 3 is 2.42 bits per heavy atom. The maximum absolute atomic E-state index is 12.2. The average molecular weight is 338 g/mol. The number of rotatable bonds is 6. The molecule has 0 aromatic heterocycles. The molecular weight excluding hydrogens is 320 g/mol. The van der Waals surface area contributed by atoms with Crippen molar-refractivity contribution < 1.29 is 9.53 Å². The molecule has 0 radical (unpaired) electrons. The molecule has 24 heavy (non-hydrogen) atoms. The Bertz CT molecular complexity index is 759. The smallest absolute Gasteiger partial charge is 0.262 e. The van der Waals surface area contributed by atoms with Crippen molar-refractivity contribution in [3.05, 3.63) is 65.2 Å². The minimum absolute atomic E-state index is 0.0837. The first-order valence-corrected chi connectivity index (χ1v) is 8.55. The minimum atomic E-state index is -0.387. The summed E-state index contributed by atoms with van der Waals surface area (Å²) >= 11 is 1.64. The quantitative estimate of drug-likeness (QED) is 0.496. The van der Waals surface area contributed by atoms with Crippen LogP contribution in [0.25, 0.3) is 6.08 Å². The van der Waals surface area contributed by atoms with Crippen molar-refractivity contribution >= 4 is 23.7 Å². The molecule has 0 heterocycles. The third kappa shape index (κ3) is 4.90. The van der Waals surface area contributed by atoms with Crippen LogP contribution in [-0.2, 0) is 11.3 Å². The fourth-order valence-electron chi connectivity index (χ4n) is 2.04. The van der Waals surface area contributed by atoms with Gasteiger partial charge in [-0.2, -0.15) is 5.26 Å². The monoisotopic (exact) mass is 338 g/mol. The van der Waals surface area contributed by atoms with Gasteiger partial charge in [0, 0.05) is 11.4 Å². The zero-order valence-electron chi connectivity index (χ0n) is 13.6. The number of nitriles is 1. The van der Waals surface area contributed by atoms with Crippen LogP contribution in [0.4, 0.5) is 0 Å². The molecule has 0 spiro atoms. The Morgan fingerprint density at radius 1 is 1.21 bits per heavy atom. The number of nitrogens with one attached hydrogen (secondary N) is 1. The highest BCUT2D eigenvalue weighted by molar-refractivity contribution is 7.98. The summed E-state index contributed by atoms with van der Waals surface area (Å²) in [7, 11) is 1.60. The Labute approximate surface area is 146 Å². The van der Waals surface area contributed by atoms with E-state index >= 15 is 0 Å². The van der Waals surface area contributed by atoms with E-state index in [9.17, 15) is 10.1 Å². The van der Waals surface area contributed by atoms with Crippen molar-refractivity contribution in [2.75, 3.05) is 13.4 Å². The number of nitrogens with zero attached hydrogens (tertiary/aromatic N) is 1. The molecule has 4 nitrogen and oxygen atoms in total. The highest BCUT2D eigenvalue weighted by Crippen LogP contribution is 2.16. The number of thioether (sulfide) groups is 1. The average Bonchev–Trinajstić information content (AvgIpc) is 2.65. The van der Waals surface area contributed by atoms with Crippen molar-refractivity contribution in [3.8, 4) is 11.8 Å². The van der Waals surface area contributed by atoms with Crippen LogP contribution in [0.15, 0.2) is 59.0 Å². The fraction of sp³-hybridized carbons (Fsp3) is 0.158. The van der Waals surface area contributed by atoms with Gasteiger partial charge in [-0.25, -0.2) is 0 Å². The van der Waals surface area contributed by atoms with Crippen LogP contribution in [-0.4, -0.2) is 19.3 Å². The van der Waals surface area contributed by atoms with E-state index in [1.165, 1.54) is 0 Å². The lowest BCUT2D eigenvalue weighted by Gasteiger charge is -2.06. The lowest BCUT2D eigenvalue weighted by atomic mass is 10.1. The lowest BCUT2D eigenvalue weighted by Crippen LogP contribution is -2.23. The molecule has 0 aliphatic carbocycles. The molecule has 1 N–H and O–H groups in total. The number of methoxy groups -OCH3 is 1. The number of hydrogen-bond donors (Lipinski definition) is 1. The van der Waals surface area contributed by atoms with Gasteiger partial charge in [-0.3, -0.25) is 4.79 Å². The van der Waals surface area contributed by atoms with E-state index in [2.05, 4.69) is 5.32 Å². The van der Waals surface area contributed by atoms with Gasteiger partial charge in [0.05, 0.1) is 7.11 Å². The molecule has 0 fully saturated rings. The molecule has 1 amide bonds. The van der Waals surface area contributed by atoms with Crippen LogP contribution in [0.1, 0.15) is 11.1 Å². The van der Waals surface area contributed by atoms with E-state index in [0.717, 1.165) is 21.8 Å². The molecule has 122 valence electrons. The SMILES string of the molecule is COc1ccc(CNC(=O)/C(C#N)=C\c2ccc(SC)cc2)cc1. The molecule has 0 saturated carbocycles. The molecule has 0 unspecified atom stereocenters. The van der Waals surface area contributed by atoms with Crippen LogP contribution in [0.2, 0.25) is 0 Å². The summed E-state index contributed by atoms with van der Waals surface area (Å²) in [6.45, 7) is 0.354. The predicted molar refractivity (Wildman–Crippen MR) is 96.7 cm³/mol. The number of hydrogen-bond acceptors (Lipinski definition) is 4. The molecule has 2 aromatic rings. The zero-order valence-corrected chi connectivity index (χ0v) is 14.4. The van der Waals surface area contributed by atoms with Crippen LogP contribution >= 0.6 is 11.8 Å². The van der Waals surface area contributed by atoms with Gasteiger partial charge in [0.2, 0.25) is 0 Å². The van der Waals surface area contributed by atoms with Crippen molar-refractivity contribution in [1.82, 2.24) is 5.32 Å². The predicted octanol–water partition coefficient (Wildman–Crippen LogP) is 3.64. The van der Waals surface area contributed by atoms with Gasteiger partial charge < -0.3 is 10.1 Å². The van der Waals surface area contributed by atoms with Crippen molar-refractivity contribution in [1.29, 1.82) is 5.26 Å². The first-order chi connectivity index (χ1) is 11.7. The first-order valence-electron chi connectivity index (χ1n) is 7.33. The lowest BCUT2D eigenvalue weighted by molar-refractivity contribution is -0.117. The van der Waals surface area contributed by atoms with Crippen LogP contribution < -0.4 is 10.1 Å². The van der Waals surface area contributed by atoms with Gasteiger partial charge in [-0.1, -0.05) is 24.3 Å². The molecule has 5 heteroatoms. The van der Waals surface area contributed by atoms with Gasteiger partial charge in [-0.15, -0.1) is 11.8 Å². The van der Waals surface area contributed by atoms with E-state index < -0.39 is 0 Å². The highest BCUT2D eigenvalue weighted by Gasteiger charge is 2.08. The van der Waals surface area contributed by atoms with Crippen LogP contribution in [0.3, 0.4) is 0 Å². The summed E-state index contributed by atoms with van der Waals surface area (Å²) in [5, 5.41) is 12.0. The number of benzene rings is 2. The summed E-state index contributed by atoms with van der Waals surface area (Å²) in [4.78, 5) is 13.3. The van der Waals surface area contributed by atoms with E-state index in [-0.39, 0.29) is 11.5 Å². The zero-order chi connectivity index (χ0) is 17.4.